The lowest BCUT2D eigenvalue weighted by Gasteiger charge is -2.39. The van der Waals surface area contributed by atoms with E-state index in [1.54, 1.807) is 29.7 Å². The maximum Gasteiger partial charge on any atom is 0.253 e. The van der Waals surface area contributed by atoms with Gasteiger partial charge in [-0.05, 0) is 64.5 Å². The number of piperidine rings is 1. The van der Waals surface area contributed by atoms with Crippen molar-refractivity contribution in [2.45, 2.75) is 70.5 Å². The van der Waals surface area contributed by atoms with Crippen molar-refractivity contribution in [2.24, 2.45) is 5.92 Å². The number of hydrogen-bond acceptors (Lipinski definition) is 8. The predicted molar refractivity (Wildman–Crippen MR) is 137 cm³/mol. The molecule has 0 radical (unpaired) electrons. The normalized spacial score (nSPS) is 23.4. The summed E-state index contributed by atoms with van der Waals surface area (Å²) in [5, 5.41) is 10.2. The molecule has 8 nitrogen and oxygen atoms in total. The molecule has 10 heteroatoms. The maximum absolute atomic E-state index is 12.9. The number of fused-ring (bicyclic) bond motifs is 2. The number of amides is 2. The lowest BCUT2D eigenvalue weighted by Crippen LogP contribution is -2.52. The summed E-state index contributed by atoms with van der Waals surface area (Å²) in [6.45, 7) is 4.00. The number of carbonyl (C=O) groups excluding carboxylic acids is 2. The topological polar surface area (TPSA) is 100 Å². The number of carbonyl (C=O) groups is 2. The van der Waals surface area contributed by atoms with Gasteiger partial charge in [0.15, 0.2) is 5.13 Å². The summed E-state index contributed by atoms with van der Waals surface area (Å²) in [6.07, 6.45) is 7.49. The molecule has 3 aromatic rings. The summed E-state index contributed by atoms with van der Waals surface area (Å²) in [5.74, 6) is 1.14. The standard InChI is InChI=1S/C25H28N6O2S2/c1-13-22(35-14(2)27-13)20-12-34-25(29-20)30-21-8-5-16(11-26-21)23(32)28-17-9-18-6-7-19(10-17)31(18)24(33)15-3-4-15/h5,8,11-12,15,17-19H,3-4,6-7,9-10H2,1-2H3,(H,28,32)(H,26,29,30)/t17-,18+,19-. The van der Waals surface area contributed by atoms with E-state index in [2.05, 4.69) is 30.5 Å². The second kappa shape index (κ2) is 8.98. The van der Waals surface area contributed by atoms with E-state index in [1.807, 2.05) is 19.2 Å². The Labute approximate surface area is 212 Å². The van der Waals surface area contributed by atoms with Crippen LogP contribution in [0.4, 0.5) is 10.9 Å². The molecule has 35 heavy (non-hydrogen) atoms. The largest absolute Gasteiger partial charge is 0.349 e. The number of hydrogen-bond donors (Lipinski definition) is 2. The summed E-state index contributed by atoms with van der Waals surface area (Å²) in [6, 6.07) is 4.25. The predicted octanol–water partition coefficient (Wildman–Crippen LogP) is 4.68. The Bertz CT molecular complexity index is 1250. The molecule has 0 aromatic carbocycles. The van der Waals surface area contributed by atoms with Crippen LogP contribution in [0.1, 0.15) is 59.6 Å². The monoisotopic (exact) mass is 508 g/mol. The van der Waals surface area contributed by atoms with Gasteiger partial charge in [0.1, 0.15) is 5.82 Å². The quantitative estimate of drug-likeness (QED) is 0.501. The molecule has 1 aliphatic carbocycles. The van der Waals surface area contributed by atoms with Gasteiger partial charge >= 0.3 is 0 Å². The third-order valence-corrected chi connectivity index (χ3v) is 9.00. The number of aromatic nitrogens is 3. The maximum atomic E-state index is 12.9. The van der Waals surface area contributed by atoms with Crippen molar-refractivity contribution in [1.82, 2.24) is 25.2 Å². The fraction of sp³-hybridized carbons (Fsp3) is 0.480. The third-order valence-electron chi connectivity index (χ3n) is 7.15. The number of anilines is 2. The Morgan fingerprint density at radius 1 is 1.06 bits per heavy atom. The third kappa shape index (κ3) is 4.56. The first-order valence-corrected chi connectivity index (χ1v) is 13.9. The summed E-state index contributed by atoms with van der Waals surface area (Å²) in [4.78, 5) is 42.3. The molecule has 3 aliphatic rings. The van der Waals surface area contributed by atoms with Gasteiger partial charge in [-0.15, -0.1) is 22.7 Å². The van der Waals surface area contributed by atoms with Gasteiger partial charge in [-0.2, -0.15) is 0 Å². The Kier molecular flexibility index (Phi) is 5.80. The minimum atomic E-state index is -0.108. The van der Waals surface area contributed by atoms with E-state index in [1.165, 1.54) is 11.3 Å². The SMILES string of the molecule is Cc1nc(C)c(-c2csc(Nc3ccc(C(=O)N[C@H]4C[C@H]5CC[C@@H](C4)N5C(=O)C4CC4)cn3)n2)s1. The smallest absolute Gasteiger partial charge is 0.253 e. The molecule has 6 rings (SSSR count). The van der Waals surface area contributed by atoms with Crippen LogP contribution < -0.4 is 10.6 Å². The molecule has 3 atom stereocenters. The van der Waals surface area contributed by atoms with Crippen molar-refractivity contribution in [3.8, 4) is 10.6 Å². The number of thiazole rings is 2. The number of nitrogens with zero attached hydrogens (tertiary/aromatic N) is 4. The van der Waals surface area contributed by atoms with Crippen LogP contribution in [0.3, 0.4) is 0 Å². The van der Waals surface area contributed by atoms with E-state index < -0.39 is 0 Å². The molecule has 0 unspecified atom stereocenters. The minimum Gasteiger partial charge on any atom is -0.349 e. The molecule has 1 saturated carbocycles. The van der Waals surface area contributed by atoms with Crippen LogP contribution in [0.25, 0.3) is 10.6 Å². The Hall–Kier alpha value is -2.85. The average molecular weight is 509 g/mol. The fourth-order valence-corrected chi connectivity index (χ4v) is 7.04. The van der Waals surface area contributed by atoms with Crippen LogP contribution >= 0.6 is 22.7 Å². The van der Waals surface area contributed by atoms with Crippen LogP contribution in [0.15, 0.2) is 23.7 Å². The number of aryl methyl sites for hydroxylation is 2. The molecule has 182 valence electrons. The average Bonchev–Trinajstić information content (AvgIpc) is 3.42. The van der Waals surface area contributed by atoms with Crippen molar-refractivity contribution in [3.63, 3.8) is 0 Å². The molecule has 5 heterocycles. The molecule has 2 saturated heterocycles. The molecular formula is C25H28N6O2S2. The van der Waals surface area contributed by atoms with Gasteiger partial charge in [-0.1, -0.05) is 0 Å². The van der Waals surface area contributed by atoms with Crippen molar-refractivity contribution >= 4 is 45.4 Å². The van der Waals surface area contributed by atoms with Crippen LogP contribution in [-0.4, -0.2) is 49.8 Å². The van der Waals surface area contributed by atoms with Crippen molar-refractivity contribution in [1.29, 1.82) is 0 Å². The van der Waals surface area contributed by atoms with Crippen LogP contribution in [-0.2, 0) is 4.79 Å². The van der Waals surface area contributed by atoms with Gasteiger partial charge in [0.05, 0.1) is 26.8 Å². The zero-order valence-electron chi connectivity index (χ0n) is 19.8. The Morgan fingerprint density at radius 3 is 2.46 bits per heavy atom. The molecule has 2 bridgehead atoms. The van der Waals surface area contributed by atoms with Gasteiger partial charge in [0.25, 0.3) is 5.91 Å². The van der Waals surface area contributed by atoms with Gasteiger partial charge < -0.3 is 15.5 Å². The number of pyridine rings is 1. The molecule has 2 aliphatic heterocycles. The first-order chi connectivity index (χ1) is 16.9. The van der Waals surface area contributed by atoms with E-state index in [0.29, 0.717) is 17.3 Å². The van der Waals surface area contributed by atoms with Gasteiger partial charge in [-0.25, -0.2) is 15.0 Å². The Balaban J connectivity index is 1.06. The second-order valence-electron chi connectivity index (χ2n) is 9.79. The van der Waals surface area contributed by atoms with Crippen molar-refractivity contribution < 1.29 is 9.59 Å². The molecule has 3 fully saturated rings. The first-order valence-electron chi connectivity index (χ1n) is 12.2. The van der Waals surface area contributed by atoms with Crippen LogP contribution in [0.5, 0.6) is 0 Å². The van der Waals surface area contributed by atoms with Crippen molar-refractivity contribution in [2.75, 3.05) is 5.32 Å². The lowest BCUT2D eigenvalue weighted by atomic mass is 9.96. The van der Waals surface area contributed by atoms with E-state index >= 15 is 0 Å². The lowest BCUT2D eigenvalue weighted by molar-refractivity contribution is -0.137. The van der Waals surface area contributed by atoms with E-state index in [4.69, 9.17) is 0 Å². The fourth-order valence-electron chi connectivity index (χ4n) is 5.38. The molecule has 2 N–H and O–H groups in total. The molecular weight excluding hydrogens is 480 g/mol. The highest BCUT2D eigenvalue weighted by Gasteiger charge is 2.47. The Morgan fingerprint density at radius 2 is 1.83 bits per heavy atom. The highest BCUT2D eigenvalue weighted by atomic mass is 32.1. The summed E-state index contributed by atoms with van der Waals surface area (Å²) >= 11 is 3.16. The van der Waals surface area contributed by atoms with Gasteiger partial charge in [0.2, 0.25) is 5.91 Å². The van der Waals surface area contributed by atoms with E-state index in [-0.39, 0.29) is 30.0 Å². The van der Waals surface area contributed by atoms with Gasteiger partial charge in [0, 0.05) is 35.6 Å². The van der Waals surface area contributed by atoms with E-state index in [0.717, 1.165) is 64.9 Å². The molecule has 2 amide bonds. The zero-order chi connectivity index (χ0) is 24.1. The highest BCUT2D eigenvalue weighted by Crippen LogP contribution is 2.41. The molecule has 3 aromatic heterocycles. The second-order valence-corrected chi connectivity index (χ2v) is 11.9. The van der Waals surface area contributed by atoms with Crippen LogP contribution in [0, 0.1) is 19.8 Å². The summed E-state index contributed by atoms with van der Waals surface area (Å²) < 4.78 is 0. The molecule has 0 spiro atoms. The first kappa shape index (κ1) is 22.6. The minimum absolute atomic E-state index is 0.105. The number of rotatable bonds is 6. The number of nitrogens with one attached hydrogen (secondary N) is 2. The van der Waals surface area contributed by atoms with Gasteiger partial charge in [-0.3, -0.25) is 9.59 Å². The summed E-state index contributed by atoms with van der Waals surface area (Å²) in [7, 11) is 0. The van der Waals surface area contributed by atoms with Crippen molar-refractivity contribution in [3.05, 3.63) is 40.0 Å². The van der Waals surface area contributed by atoms with E-state index in [9.17, 15) is 9.59 Å². The zero-order valence-corrected chi connectivity index (χ0v) is 21.4. The van der Waals surface area contributed by atoms with Crippen LogP contribution in [0.2, 0.25) is 0 Å². The highest BCUT2D eigenvalue weighted by molar-refractivity contribution is 7.16. The summed E-state index contributed by atoms with van der Waals surface area (Å²) in [5.41, 5.74) is 2.44.